The topological polar surface area (TPSA) is 638 Å². The molecule has 1 aromatic carbocycles. The Morgan fingerprint density at radius 3 is 0.946 bits per heavy atom. The average molecular weight is 1580 g/mol. The van der Waals surface area contributed by atoms with Crippen molar-refractivity contribution in [3.63, 3.8) is 0 Å². The molecule has 1 aromatic rings. The number of aliphatic hydroxyl groups excluding tert-OH is 1. The van der Waals surface area contributed by atoms with E-state index in [-0.39, 0.29) is 89.2 Å². The smallest absolute Gasteiger partial charge is 0.325 e. The van der Waals surface area contributed by atoms with Crippen molar-refractivity contribution in [1.82, 2.24) is 69.1 Å². The number of rotatable bonds is 58. The molecule has 0 aliphatic carbocycles. The summed E-state index contributed by atoms with van der Waals surface area (Å²) in [5.41, 5.74) is 41.0. The monoisotopic (exact) mass is 1580 g/mol. The van der Waals surface area contributed by atoms with E-state index in [9.17, 15) is 82.4 Å². The third-order valence-electron chi connectivity index (χ3n) is 18.3. The molecule has 632 valence electrons. The normalized spacial score (nSPS) is 15.4. The second-order valence-corrected chi connectivity index (χ2v) is 29.5. The highest BCUT2D eigenvalue weighted by Crippen LogP contribution is 2.17. The molecule has 37 nitrogen and oxygen atoms in total. The van der Waals surface area contributed by atoms with E-state index in [1.807, 2.05) is 0 Å². The number of phenolic OH excluding ortho intramolecular Hbond substituents is 1. The molecule has 0 aromatic heterocycles. The van der Waals surface area contributed by atoms with Crippen LogP contribution in [0.25, 0.3) is 0 Å². The number of unbranched alkanes of at least 4 members (excludes halogenated alkanes) is 6. The van der Waals surface area contributed by atoms with Crippen molar-refractivity contribution in [2.45, 2.75) is 288 Å². The van der Waals surface area contributed by atoms with Crippen LogP contribution in [0.5, 0.6) is 5.75 Å². The van der Waals surface area contributed by atoms with Gasteiger partial charge >= 0.3 is 5.97 Å². The number of benzene rings is 1. The quantitative estimate of drug-likeness (QED) is 0.0278. The Morgan fingerprint density at radius 1 is 0.315 bits per heavy atom. The van der Waals surface area contributed by atoms with Crippen LogP contribution >= 0.6 is 0 Å². The summed E-state index contributed by atoms with van der Waals surface area (Å²) in [5, 5.41) is 64.5. The third-order valence-corrected chi connectivity index (χ3v) is 18.3. The van der Waals surface area contributed by atoms with Crippen molar-refractivity contribution in [2.24, 2.45) is 57.9 Å². The lowest BCUT2D eigenvalue weighted by Gasteiger charge is -2.30. The van der Waals surface area contributed by atoms with Crippen LogP contribution in [0.1, 0.15) is 197 Å². The fourth-order valence-corrected chi connectivity index (χ4v) is 11.5. The number of carboxylic acid groups (broad SMARTS) is 1. The minimum Gasteiger partial charge on any atom is -0.508 e. The van der Waals surface area contributed by atoms with Gasteiger partial charge in [0, 0.05) is 6.42 Å². The summed E-state index contributed by atoms with van der Waals surface area (Å²) in [6, 6.07) is -13.0. The standard InChI is InChI=1S/C74H134N20O17/c1-41(2)39-56(69(105)88-51(24-12-18-34-76)64(100)84-46(9)74(110)111)90-67(103)54(27-15-21-37-79)89-70(106)57(40-48-29-31-49(96)32-30-48)91-73(109)60(47(10)95)94-62(98)45(8)82-61(97)44(7)83-71(107)58(42(3)4)93-72(108)59(43(5)6)92-68(104)55(28-16-22-38-80)87-66(102)53(26-14-20-36-78)86-65(101)52(25-13-19-35-77)85-63(99)50(81)23-11-17-33-75/h29-32,41-47,50-60,95-96H,11-28,33-40,75-81H2,1-10H3,(H,82,97)(H,83,107)(H,84,100)(H,85,99)(H,86,101)(H,87,102)(H,88,105)(H,89,106)(H,90,103)(H,91,109)(H,92,104)(H,93,108)(H,94,98)(H,110,111)/t44-,45-,46-,47+,50-,51-,52-,53-,54-,55-,56-,57-,58-,59-,60-/m0/s1. The maximum Gasteiger partial charge on any atom is 0.325 e. The second kappa shape index (κ2) is 54.8. The van der Waals surface area contributed by atoms with E-state index in [2.05, 4.69) is 69.1 Å². The van der Waals surface area contributed by atoms with Crippen molar-refractivity contribution < 1.29 is 82.4 Å². The predicted octanol–water partition coefficient (Wildman–Crippen LogP) is -3.78. The fraction of sp³-hybridized carbons (Fsp3) is 0.730. The number of carbonyl (C=O) groups is 14. The zero-order valence-electron chi connectivity index (χ0n) is 66.7. The van der Waals surface area contributed by atoms with Gasteiger partial charge in [-0.15, -0.1) is 0 Å². The molecule has 0 spiro atoms. The zero-order chi connectivity index (χ0) is 84.0. The molecule has 0 fully saturated rings. The minimum atomic E-state index is -1.81. The van der Waals surface area contributed by atoms with Crippen molar-refractivity contribution in [3.8, 4) is 5.75 Å². The van der Waals surface area contributed by atoms with Crippen LogP contribution in [0.4, 0.5) is 0 Å². The van der Waals surface area contributed by atoms with Crippen molar-refractivity contribution in [3.05, 3.63) is 29.8 Å². The van der Waals surface area contributed by atoms with Crippen molar-refractivity contribution in [1.29, 1.82) is 0 Å². The molecule has 0 saturated heterocycles. The van der Waals surface area contributed by atoms with E-state index < -0.39 is 185 Å². The molecule has 1 rings (SSSR count). The number of nitrogens with one attached hydrogen (secondary N) is 13. The van der Waals surface area contributed by atoms with Gasteiger partial charge in [0.1, 0.15) is 84.3 Å². The number of phenols is 1. The Bertz CT molecular complexity index is 3080. The highest BCUT2D eigenvalue weighted by atomic mass is 16.4. The first kappa shape index (κ1) is 100. The number of amides is 13. The number of hydrogen-bond donors (Lipinski definition) is 23. The van der Waals surface area contributed by atoms with E-state index in [1.54, 1.807) is 41.5 Å². The highest BCUT2D eigenvalue weighted by molar-refractivity contribution is 6.00. The van der Waals surface area contributed by atoms with Crippen LogP contribution in [0.15, 0.2) is 24.3 Å². The summed E-state index contributed by atoms with van der Waals surface area (Å²) < 4.78 is 0. The fourth-order valence-electron chi connectivity index (χ4n) is 11.5. The van der Waals surface area contributed by atoms with Crippen LogP contribution in [0.3, 0.4) is 0 Å². The predicted molar refractivity (Wildman–Crippen MR) is 418 cm³/mol. The van der Waals surface area contributed by atoms with Crippen LogP contribution in [-0.2, 0) is 73.5 Å². The largest absolute Gasteiger partial charge is 0.508 e. The Morgan fingerprint density at radius 2 is 0.586 bits per heavy atom. The Balaban J connectivity index is 3.47. The van der Waals surface area contributed by atoms with Gasteiger partial charge in [-0.3, -0.25) is 67.1 Å². The molecule has 30 N–H and O–H groups in total. The molecule has 0 saturated carbocycles. The van der Waals surface area contributed by atoms with Gasteiger partial charge in [0.05, 0.1) is 12.1 Å². The summed E-state index contributed by atoms with van der Waals surface area (Å²) in [7, 11) is 0. The first-order valence-corrected chi connectivity index (χ1v) is 39.0. The third kappa shape index (κ3) is 39.3. The lowest BCUT2D eigenvalue weighted by molar-refractivity contribution is -0.142. The van der Waals surface area contributed by atoms with Crippen molar-refractivity contribution in [2.75, 3.05) is 39.3 Å². The van der Waals surface area contributed by atoms with Crippen LogP contribution in [0.2, 0.25) is 0 Å². The molecule has 37 heteroatoms. The summed E-state index contributed by atoms with van der Waals surface area (Å²) in [6.07, 6.45) is 4.35. The molecule has 0 aliphatic heterocycles. The van der Waals surface area contributed by atoms with Gasteiger partial charge in [-0.05, 0) is 218 Å². The molecule has 13 amide bonds. The molecule has 0 bridgehead atoms. The molecular weight excluding hydrogens is 1440 g/mol. The first-order valence-electron chi connectivity index (χ1n) is 39.0. The van der Waals surface area contributed by atoms with Crippen LogP contribution in [0, 0.1) is 17.8 Å². The molecular formula is C74H134N20O17. The number of carboxylic acids is 1. The van der Waals surface area contributed by atoms with Gasteiger partial charge in [0.2, 0.25) is 76.8 Å². The summed E-state index contributed by atoms with van der Waals surface area (Å²) in [6.45, 7) is 16.8. The van der Waals surface area contributed by atoms with Gasteiger partial charge in [-0.25, -0.2) is 0 Å². The maximum absolute atomic E-state index is 14.6. The number of hydrogen-bond acceptors (Lipinski definition) is 23. The minimum absolute atomic E-state index is 0.0275. The molecule has 0 heterocycles. The van der Waals surface area contributed by atoms with E-state index in [1.165, 1.54) is 52.0 Å². The number of nitrogens with two attached hydrogens (primary N) is 7. The summed E-state index contributed by atoms with van der Waals surface area (Å²) in [5.74, 6) is -13.6. The average Bonchev–Trinajstić information content (AvgIpc) is 0.853. The van der Waals surface area contributed by atoms with Crippen LogP contribution < -0.4 is 109 Å². The molecule has 0 unspecified atom stereocenters. The first-order chi connectivity index (χ1) is 52.4. The van der Waals surface area contributed by atoms with E-state index in [0.29, 0.717) is 95.7 Å². The molecule has 15 atom stereocenters. The highest BCUT2D eigenvalue weighted by Gasteiger charge is 2.39. The van der Waals surface area contributed by atoms with Gasteiger partial charge in [0.25, 0.3) is 0 Å². The van der Waals surface area contributed by atoms with Gasteiger partial charge in [-0.2, -0.15) is 0 Å². The number of aliphatic carboxylic acids is 1. The zero-order valence-corrected chi connectivity index (χ0v) is 66.7. The van der Waals surface area contributed by atoms with E-state index >= 15 is 0 Å². The second-order valence-electron chi connectivity index (χ2n) is 29.5. The van der Waals surface area contributed by atoms with Crippen molar-refractivity contribution >= 4 is 82.8 Å². The molecule has 0 radical (unpaired) electrons. The van der Waals surface area contributed by atoms with Gasteiger partial charge in [-0.1, -0.05) is 60.1 Å². The number of aliphatic hydroxyl groups is 1. The Kier molecular flexibility index (Phi) is 49.5. The molecule has 111 heavy (non-hydrogen) atoms. The van der Waals surface area contributed by atoms with Crippen LogP contribution in [-0.4, -0.2) is 228 Å². The van der Waals surface area contributed by atoms with Gasteiger partial charge in [0.15, 0.2) is 0 Å². The number of aromatic hydroxyl groups is 1. The number of carbonyl (C=O) groups excluding carboxylic acids is 13. The summed E-state index contributed by atoms with van der Waals surface area (Å²) >= 11 is 0. The molecule has 0 aliphatic rings. The Hall–Kier alpha value is -8.72. The van der Waals surface area contributed by atoms with E-state index in [4.69, 9.17) is 40.1 Å². The Labute approximate surface area is 652 Å². The lowest BCUT2D eigenvalue weighted by Crippen LogP contribution is -2.62. The maximum atomic E-state index is 14.6. The lowest BCUT2D eigenvalue weighted by atomic mass is 9.98. The SMILES string of the molecule is CC(C)C[C@H](NC(=O)[C@H](CCCCN)NC(=O)[C@H](Cc1ccc(O)cc1)NC(=O)[C@@H](NC(=O)[C@H](C)NC(=O)[C@H](C)NC(=O)[C@@H](NC(=O)[C@@H](NC(=O)[C@H](CCCCN)NC(=O)[C@H](CCCCN)NC(=O)[C@H](CCCCN)NC(=O)[C@@H](N)CCCCN)C(C)C)C(C)C)[C@@H](C)O)C(=O)N[C@@H](CCCCN)C(=O)N[C@@H](C)C(=O)O. The van der Waals surface area contributed by atoms with Gasteiger partial charge < -0.3 is 125 Å². The van der Waals surface area contributed by atoms with E-state index in [0.717, 1.165) is 0 Å². The summed E-state index contributed by atoms with van der Waals surface area (Å²) in [4.78, 5) is 194.